The Morgan fingerprint density at radius 3 is 2.25 bits per heavy atom. The molecule has 2 aromatic rings. The number of rotatable bonds is 1. The van der Waals surface area contributed by atoms with Crippen LogP contribution in [0, 0.1) is 0 Å². The van der Waals surface area contributed by atoms with Gasteiger partial charge in [0.15, 0.2) is 5.70 Å². The Balaban J connectivity index is 2.17. The first-order valence-electron chi connectivity index (χ1n) is 6.92. The third kappa shape index (κ3) is 2.24. The molecule has 3 heterocycles. The fourth-order valence-corrected chi connectivity index (χ4v) is 5.66. The summed E-state index contributed by atoms with van der Waals surface area (Å²) in [5.74, 6) is 0. The molecule has 0 saturated carbocycles. The molecule has 9 heteroatoms. The van der Waals surface area contributed by atoms with Crippen LogP contribution in [-0.4, -0.2) is 20.6 Å². The van der Waals surface area contributed by atoms with Crippen molar-refractivity contribution in [2.45, 2.75) is 0 Å². The number of hydrogen-bond acceptors (Lipinski definition) is 0. The highest BCUT2D eigenvalue weighted by molar-refractivity contribution is 9.18. The molecule has 0 amide bonds. The van der Waals surface area contributed by atoms with Gasteiger partial charge in [0.2, 0.25) is 4.62 Å². The van der Waals surface area contributed by atoms with Crippen molar-refractivity contribution in [3.8, 4) is 0 Å². The van der Waals surface area contributed by atoms with Gasteiger partial charge in [0.05, 0.1) is 10.2 Å². The Labute approximate surface area is 170 Å². The molecule has 1 aromatic carbocycles. The summed E-state index contributed by atoms with van der Waals surface area (Å²) in [6.45, 7) is -4.00. The monoisotopic (exact) mass is 580 g/mol. The molecule has 2 aliphatic heterocycles. The molecule has 24 heavy (non-hydrogen) atoms. The van der Waals surface area contributed by atoms with Gasteiger partial charge in [0, 0.05) is 48.3 Å². The average molecular weight is 584 g/mol. The number of aromatic nitrogens is 1. The molecule has 0 radical (unpaired) electrons. The average Bonchev–Trinajstić information content (AvgIpc) is 3.07. The number of hydrogen-bond donors (Lipinski definition) is 0. The maximum absolute atomic E-state index is 15.2. The second-order valence-corrected chi connectivity index (χ2v) is 8.72. The molecule has 0 atom stereocenters. The predicted octanol–water partition coefficient (Wildman–Crippen LogP) is 6.15. The van der Waals surface area contributed by atoms with Crippen molar-refractivity contribution >= 4 is 80.9 Å². The van der Waals surface area contributed by atoms with Crippen molar-refractivity contribution in [3.63, 3.8) is 0 Å². The first-order chi connectivity index (χ1) is 11.3. The van der Waals surface area contributed by atoms with Gasteiger partial charge in [-0.2, -0.15) is 0 Å². The van der Waals surface area contributed by atoms with Crippen LogP contribution in [0.2, 0.25) is 0 Å². The molecular weight excluding hydrogens is 577 g/mol. The van der Waals surface area contributed by atoms with Crippen molar-refractivity contribution in [3.05, 3.63) is 73.0 Å². The van der Waals surface area contributed by atoms with Gasteiger partial charge in [0.1, 0.15) is 0 Å². The quantitative estimate of drug-likeness (QED) is 0.356. The number of nitrogens with zero attached hydrogens (tertiary/aromatic N) is 2. The number of benzene rings is 1. The van der Waals surface area contributed by atoms with E-state index in [0.717, 1.165) is 29.0 Å². The fraction of sp³-hybridized carbons (Fsp3) is 0. The van der Waals surface area contributed by atoms with Gasteiger partial charge in [-0.15, -0.1) is 0 Å². The lowest BCUT2D eigenvalue weighted by Gasteiger charge is -2.32. The molecule has 0 unspecified atom stereocenters. The SMILES string of the molecule is F[B-]1(F)n2c(Br)ccc2C(c2c(Br)cccc2Br)=C2C=CC(Br)=[N+]21. The highest BCUT2D eigenvalue weighted by atomic mass is 79.9. The normalized spacial score (nSPS) is 18.2. The van der Waals surface area contributed by atoms with E-state index in [4.69, 9.17) is 0 Å². The minimum Gasteiger partial charge on any atom is -0.389 e. The van der Waals surface area contributed by atoms with Crippen molar-refractivity contribution in [1.29, 1.82) is 0 Å². The Morgan fingerprint density at radius 1 is 0.917 bits per heavy atom. The van der Waals surface area contributed by atoms with Crippen molar-refractivity contribution < 1.29 is 13.1 Å². The minimum atomic E-state index is -4.00. The van der Waals surface area contributed by atoms with Crippen LogP contribution < -0.4 is 0 Å². The first-order valence-corrected chi connectivity index (χ1v) is 10.1. The topological polar surface area (TPSA) is 7.94 Å². The molecule has 4 rings (SSSR count). The summed E-state index contributed by atoms with van der Waals surface area (Å²) in [4.78, 5) is 0. The first kappa shape index (κ1) is 16.9. The third-order valence-corrected chi connectivity index (χ3v) is 6.70. The van der Waals surface area contributed by atoms with Crippen LogP contribution in [-0.2, 0) is 0 Å². The van der Waals surface area contributed by atoms with Crippen LogP contribution in [0.5, 0.6) is 0 Å². The van der Waals surface area contributed by atoms with Gasteiger partial charge in [-0.25, -0.2) is 0 Å². The fourth-order valence-electron chi connectivity index (χ4n) is 3.13. The summed E-state index contributed by atoms with van der Waals surface area (Å²) < 4.78 is 34.8. The Bertz CT molecular complexity index is 971. The number of allylic oxidation sites excluding steroid dienone is 2. The van der Waals surface area contributed by atoms with E-state index >= 15 is 8.63 Å². The maximum atomic E-state index is 15.2. The lowest BCUT2D eigenvalue weighted by atomic mass is 9.86. The molecular formula is C15H7BBr4F2N2. The Kier molecular flexibility index (Phi) is 4.06. The van der Waals surface area contributed by atoms with Crippen LogP contribution in [0.1, 0.15) is 11.3 Å². The minimum absolute atomic E-state index is 0.342. The second-order valence-electron chi connectivity index (χ2n) is 5.38. The van der Waals surface area contributed by atoms with Crippen LogP contribution in [0.25, 0.3) is 5.57 Å². The lowest BCUT2D eigenvalue weighted by Crippen LogP contribution is -2.50. The van der Waals surface area contributed by atoms with E-state index in [1.807, 2.05) is 18.2 Å². The molecule has 0 spiro atoms. The Morgan fingerprint density at radius 2 is 1.58 bits per heavy atom. The predicted molar refractivity (Wildman–Crippen MR) is 107 cm³/mol. The van der Waals surface area contributed by atoms with Gasteiger partial charge >= 0.3 is 6.97 Å². The summed E-state index contributed by atoms with van der Waals surface area (Å²) in [5.41, 5.74) is 2.51. The molecule has 0 saturated heterocycles. The molecule has 122 valence electrons. The van der Waals surface area contributed by atoms with E-state index in [-0.39, 0.29) is 0 Å². The summed E-state index contributed by atoms with van der Waals surface area (Å²) in [6.07, 6.45) is 3.36. The zero-order valence-corrected chi connectivity index (χ0v) is 18.1. The van der Waals surface area contributed by atoms with Crippen LogP contribution in [0.15, 0.2) is 61.7 Å². The number of halogens is 6. The van der Waals surface area contributed by atoms with E-state index in [1.165, 1.54) is 0 Å². The van der Waals surface area contributed by atoms with Crippen LogP contribution >= 0.6 is 63.7 Å². The molecule has 2 aliphatic rings. The van der Waals surface area contributed by atoms with Crippen LogP contribution in [0.3, 0.4) is 0 Å². The van der Waals surface area contributed by atoms with Gasteiger partial charge in [-0.05, 0) is 40.2 Å². The Hall–Kier alpha value is -0.505. The summed E-state index contributed by atoms with van der Waals surface area (Å²) in [6, 6.07) is 9.05. The van der Waals surface area contributed by atoms with E-state index in [1.54, 1.807) is 24.3 Å². The molecule has 0 bridgehead atoms. The second kappa shape index (κ2) is 5.76. The summed E-state index contributed by atoms with van der Waals surface area (Å²) >= 11 is 13.6. The maximum Gasteiger partial charge on any atom is 0.738 e. The van der Waals surface area contributed by atoms with E-state index < -0.39 is 6.97 Å². The van der Waals surface area contributed by atoms with Gasteiger partial charge in [-0.1, -0.05) is 37.9 Å². The van der Waals surface area contributed by atoms with Crippen molar-refractivity contribution in [2.75, 3.05) is 0 Å². The third-order valence-electron chi connectivity index (χ3n) is 4.08. The van der Waals surface area contributed by atoms with E-state index in [9.17, 15) is 0 Å². The largest absolute Gasteiger partial charge is 0.738 e. The summed E-state index contributed by atoms with van der Waals surface area (Å²) in [7, 11) is 0. The molecule has 2 nitrogen and oxygen atoms in total. The van der Waals surface area contributed by atoms with Crippen molar-refractivity contribution in [2.24, 2.45) is 0 Å². The van der Waals surface area contributed by atoms with Gasteiger partial charge in [-0.3, -0.25) is 0 Å². The van der Waals surface area contributed by atoms with Crippen LogP contribution in [0.4, 0.5) is 8.63 Å². The highest BCUT2D eigenvalue weighted by Crippen LogP contribution is 2.45. The van der Waals surface area contributed by atoms with E-state index in [0.29, 0.717) is 20.6 Å². The highest BCUT2D eigenvalue weighted by Gasteiger charge is 2.54. The smallest absolute Gasteiger partial charge is 0.389 e. The summed E-state index contributed by atoms with van der Waals surface area (Å²) in [5, 5.41) is 0. The molecule has 0 N–H and O–H groups in total. The van der Waals surface area contributed by atoms with E-state index in [2.05, 4.69) is 63.7 Å². The molecule has 0 aliphatic carbocycles. The van der Waals surface area contributed by atoms with Gasteiger partial charge < -0.3 is 17.6 Å². The molecule has 1 aromatic heterocycles. The zero-order valence-electron chi connectivity index (χ0n) is 11.8. The lowest BCUT2D eigenvalue weighted by molar-refractivity contribution is -0.358. The molecule has 0 fully saturated rings. The van der Waals surface area contributed by atoms with Crippen molar-refractivity contribution in [1.82, 2.24) is 4.48 Å². The zero-order chi connectivity index (χ0) is 17.2. The standard InChI is InChI=1S/C15H7BBr4F2N2/c17-8-2-1-3-9(18)14(8)15-10-4-6-12(19)23(10)16(21,22)24-11(15)5-7-13(24)20/h1-7H. The van der Waals surface area contributed by atoms with Gasteiger partial charge in [0.25, 0.3) is 0 Å². The number of fused-ring (bicyclic) bond motifs is 2.